The lowest BCUT2D eigenvalue weighted by Crippen LogP contribution is -2.41. The summed E-state index contributed by atoms with van der Waals surface area (Å²) in [4.78, 5) is 11.1. The topological polar surface area (TPSA) is 79.4 Å². The van der Waals surface area contributed by atoms with E-state index in [0.29, 0.717) is 51.0 Å². The highest BCUT2D eigenvalue weighted by atomic mass is 28.4. The van der Waals surface area contributed by atoms with Gasteiger partial charge in [0.25, 0.3) is 0 Å². The van der Waals surface area contributed by atoms with Gasteiger partial charge in [0.15, 0.2) is 8.32 Å². The number of halogens is 1. The van der Waals surface area contributed by atoms with E-state index >= 15 is 0 Å². The molecule has 160 valence electrons. The highest BCUT2D eigenvalue weighted by molar-refractivity contribution is 6.74. The van der Waals surface area contributed by atoms with Crippen molar-refractivity contribution < 1.29 is 18.5 Å². The van der Waals surface area contributed by atoms with Crippen molar-refractivity contribution >= 4 is 14.0 Å². The maximum Gasteiger partial charge on any atom is 0.352 e. The highest BCUT2D eigenvalue weighted by Crippen LogP contribution is 2.38. The Hall–Kier alpha value is -1.48. The van der Waals surface area contributed by atoms with E-state index in [-0.39, 0.29) is 22.6 Å². The predicted octanol–water partition coefficient (Wildman–Crippen LogP) is 5.34. The van der Waals surface area contributed by atoms with Gasteiger partial charge in [-0.3, -0.25) is 14.8 Å². The largest absolute Gasteiger partial charge is 0.472 e. The first-order valence-electron chi connectivity index (χ1n) is 10.1. The Morgan fingerprint density at radius 2 is 1.86 bits per heavy atom. The van der Waals surface area contributed by atoms with E-state index in [1.54, 1.807) is 11.6 Å². The summed E-state index contributed by atoms with van der Waals surface area (Å²) in [5, 5.41) is 16.0. The molecule has 1 aliphatic carbocycles. The highest BCUT2D eigenvalue weighted by Gasteiger charge is 2.37. The zero-order valence-corrected chi connectivity index (χ0v) is 19.0. The first-order valence-corrected chi connectivity index (χ1v) is 13.0. The van der Waals surface area contributed by atoms with Crippen LogP contribution in [-0.4, -0.2) is 42.4 Å². The van der Waals surface area contributed by atoms with Crippen molar-refractivity contribution in [3.63, 3.8) is 0 Å². The zero-order chi connectivity index (χ0) is 21.1. The third-order valence-corrected chi connectivity index (χ3v) is 10.6. The molecule has 0 radical (unpaired) electrons. The van der Waals surface area contributed by atoms with Gasteiger partial charge in [0, 0.05) is 13.0 Å². The normalized spacial score (nSPS) is 21.0. The number of aromatic nitrogens is 2. The summed E-state index contributed by atoms with van der Waals surface area (Å²) in [6.07, 6.45) is 2.08. The van der Waals surface area contributed by atoms with Crippen LogP contribution in [0, 0.1) is 17.0 Å². The van der Waals surface area contributed by atoms with Crippen LogP contribution in [0.4, 0.5) is 10.1 Å². The Morgan fingerprint density at radius 3 is 2.39 bits per heavy atom. The molecule has 1 heterocycles. The van der Waals surface area contributed by atoms with E-state index in [1.807, 2.05) is 0 Å². The zero-order valence-electron chi connectivity index (χ0n) is 18.0. The van der Waals surface area contributed by atoms with E-state index < -0.39 is 19.4 Å². The minimum absolute atomic E-state index is 0.00929. The molecule has 0 bridgehead atoms. The molecule has 1 aromatic rings. The fraction of sp³-hybridized carbons (Fsp3) is 0.842. The first kappa shape index (κ1) is 22.8. The molecule has 0 aliphatic heterocycles. The molecule has 0 amide bonds. The van der Waals surface area contributed by atoms with Crippen LogP contribution in [0.5, 0.6) is 5.88 Å². The molecule has 7 nitrogen and oxygen atoms in total. The molecule has 0 spiro atoms. The summed E-state index contributed by atoms with van der Waals surface area (Å²) >= 11 is 0. The van der Waals surface area contributed by atoms with Gasteiger partial charge in [0.1, 0.15) is 11.9 Å². The Morgan fingerprint density at radius 1 is 1.25 bits per heavy atom. The van der Waals surface area contributed by atoms with E-state index in [4.69, 9.17) is 9.16 Å². The van der Waals surface area contributed by atoms with Crippen LogP contribution in [0.1, 0.15) is 64.6 Å². The maximum absolute atomic E-state index is 13.4. The summed E-state index contributed by atoms with van der Waals surface area (Å²) in [5.41, 5.74) is 0.382. The van der Waals surface area contributed by atoms with E-state index in [9.17, 15) is 14.5 Å². The Kier molecular flexibility index (Phi) is 7.25. The third kappa shape index (κ3) is 5.31. The maximum atomic E-state index is 13.4. The van der Waals surface area contributed by atoms with Crippen molar-refractivity contribution in [2.45, 2.75) is 90.1 Å². The Labute approximate surface area is 167 Å². The summed E-state index contributed by atoms with van der Waals surface area (Å²) in [7, 11) is -1.81. The number of nitro groups is 1. The average molecular weight is 416 g/mol. The van der Waals surface area contributed by atoms with Crippen LogP contribution in [-0.2, 0) is 4.43 Å². The Bertz CT molecular complexity index is 679. The van der Waals surface area contributed by atoms with Gasteiger partial charge in [-0.25, -0.2) is 4.39 Å². The van der Waals surface area contributed by atoms with Crippen LogP contribution in [0.25, 0.3) is 0 Å². The lowest BCUT2D eigenvalue weighted by atomic mass is 9.94. The van der Waals surface area contributed by atoms with Crippen molar-refractivity contribution in [1.82, 2.24) is 9.78 Å². The number of ether oxygens (including phenoxy) is 1. The molecule has 1 aromatic heterocycles. The molecule has 0 unspecified atom stereocenters. The van der Waals surface area contributed by atoms with Crippen molar-refractivity contribution in [1.29, 1.82) is 0 Å². The van der Waals surface area contributed by atoms with Crippen molar-refractivity contribution in [3.05, 3.63) is 15.8 Å². The third-order valence-electron chi connectivity index (χ3n) is 6.04. The molecular weight excluding hydrogens is 381 g/mol. The number of nitrogens with zero attached hydrogens (tertiary/aromatic N) is 3. The minimum atomic E-state index is -1.81. The smallest absolute Gasteiger partial charge is 0.352 e. The molecule has 2 rings (SSSR count). The fourth-order valence-electron chi connectivity index (χ4n) is 3.20. The molecular formula is C19H34FN3O4Si. The lowest BCUT2D eigenvalue weighted by molar-refractivity contribution is -0.386. The van der Waals surface area contributed by atoms with Crippen LogP contribution in [0.3, 0.4) is 0 Å². The van der Waals surface area contributed by atoms with Gasteiger partial charge in [0.2, 0.25) is 0 Å². The van der Waals surface area contributed by atoms with Crippen LogP contribution < -0.4 is 4.74 Å². The summed E-state index contributed by atoms with van der Waals surface area (Å²) in [6, 6.07) is -0.00929. The van der Waals surface area contributed by atoms with E-state index in [2.05, 4.69) is 39.0 Å². The SMILES string of the molecule is Cc1c([N+](=O)[O-])c(OCCCO[Si](C)(C)C(C)(C)C)nn1C1CCC(F)CC1. The molecule has 0 aromatic carbocycles. The molecule has 1 aliphatic rings. The van der Waals surface area contributed by atoms with Crippen LogP contribution in [0.15, 0.2) is 0 Å². The summed E-state index contributed by atoms with van der Waals surface area (Å²) in [5.74, 6) is 0.0530. The van der Waals surface area contributed by atoms with Crippen LogP contribution in [0.2, 0.25) is 18.1 Å². The molecule has 9 heteroatoms. The van der Waals surface area contributed by atoms with Crippen molar-refractivity contribution in [3.8, 4) is 5.88 Å². The van der Waals surface area contributed by atoms with Gasteiger partial charge in [-0.15, -0.1) is 5.10 Å². The van der Waals surface area contributed by atoms with Gasteiger partial charge in [-0.1, -0.05) is 20.8 Å². The van der Waals surface area contributed by atoms with E-state index in [0.717, 1.165) is 0 Å². The second-order valence-corrected chi connectivity index (χ2v) is 14.0. The average Bonchev–Trinajstić information content (AvgIpc) is 2.90. The molecule has 0 atom stereocenters. The second kappa shape index (κ2) is 8.90. The minimum Gasteiger partial charge on any atom is -0.472 e. The van der Waals surface area contributed by atoms with Crippen molar-refractivity contribution in [2.75, 3.05) is 13.2 Å². The standard InChI is InChI=1S/C19H34FN3O4Si/c1-14-17(23(24)25)18(21-22(14)16-10-8-15(20)9-11-16)26-12-7-13-27-28(5,6)19(2,3)4/h15-16H,7-13H2,1-6H3. The number of alkyl halides is 1. The first-order chi connectivity index (χ1) is 12.9. The molecule has 0 saturated heterocycles. The summed E-state index contributed by atoms with van der Waals surface area (Å²) in [6.45, 7) is 13.5. The van der Waals surface area contributed by atoms with Crippen molar-refractivity contribution in [2.24, 2.45) is 0 Å². The number of hydrogen-bond acceptors (Lipinski definition) is 5. The predicted molar refractivity (Wildman–Crippen MR) is 109 cm³/mol. The monoisotopic (exact) mass is 415 g/mol. The molecule has 0 N–H and O–H groups in total. The van der Waals surface area contributed by atoms with Gasteiger partial charge in [-0.05, 0) is 50.7 Å². The van der Waals surface area contributed by atoms with Gasteiger partial charge in [-0.2, -0.15) is 0 Å². The van der Waals surface area contributed by atoms with Gasteiger partial charge < -0.3 is 9.16 Å². The van der Waals surface area contributed by atoms with E-state index in [1.165, 1.54) is 0 Å². The second-order valence-electron chi connectivity index (χ2n) is 9.16. The van der Waals surface area contributed by atoms with Gasteiger partial charge in [0.05, 0.1) is 17.6 Å². The summed E-state index contributed by atoms with van der Waals surface area (Å²) < 4.78 is 26.8. The van der Waals surface area contributed by atoms with Gasteiger partial charge >= 0.3 is 11.6 Å². The number of hydrogen-bond donors (Lipinski definition) is 0. The number of rotatable bonds is 8. The molecule has 1 saturated carbocycles. The Balaban J connectivity index is 1.97. The lowest BCUT2D eigenvalue weighted by Gasteiger charge is -2.36. The quantitative estimate of drug-likeness (QED) is 0.248. The molecule has 28 heavy (non-hydrogen) atoms. The van der Waals surface area contributed by atoms with Crippen LogP contribution >= 0.6 is 0 Å². The fourth-order valence-corrected chi connectivity index (χ4v) is 4.29. The molecule has 1 fully saturated rings.